The highest BCUT2D eigenvalue weighted by molar-refractivity contribution is 9.10. The minimum Gasteiger partial charge on any atom is -0.396 e. The number of anilines is 1. The van der Waals surface area contributed by atoms with Crippen molar-refractivity contribution < 1.29 is 5.11 Å². The van der Waals surface area contributed by atoms with Gasteiger partial charge in [-0.2, -0.15) is 0 Å². The lowest BCUT2D eigenvalue weighted by Gasteiger charge is -2.31. The van der Waals surface area contributed by atoms with Gasteiger partial charge in [0.15, 0.2) is 0 Å². The van der Waals surface area contributed by atoms with Crippen molar-refractivity contribution in [3.8, 4) is 0 Å². The molecule has 17 heavy (non-hydrogen) atoms. The van der Waals surface area contributed by atoms with Crippen LogP contribution in [0.3, 0.4) is 0 Å². The lowest BCUT2D eigenvalue weighted by atomic mass is 9.85. The first-order valence-electron chi connectivity index (χ1n) is 6.20. The van der Waals surface area contributed by atoms with E-state index < -0.39 is 0 Å². The zero-order valence-corrected chi connectivity index (χ0v) is 11.7. The van der Waals surface area contributed by atoms with Gasteiger partial charge in [-0.15, -0.1) is 0 Å². The summed E-state index contributed by atoms with van der Waals surface area (Å²) in [6, 6.07) is 2.42. The van der Waals surface area contributed by atoms with E-state index in [1.54, 1.807) is 0 Å². The molecule has 2 N–H and O–H groups in total. The zero-order valence-electron chi connectivity index (χ0n) is 10.1. The van der Waals surface area contributed by atoms with E-state index in [2.05, 4.69) is 39.2 Å². The molecule has 1 aromatic rings. The number of aliphatic hydroxyl groups is 1. The van der Waals surface area contributed by atoms with Gasteiger partial charge >= 0.3 is 0 Å². The minimum atomic E-state index is 0.271. The maximum Gasteiger partial charge on any atom is 0.129 e. The van der Waals surface area contributed by atoms with E-state index in [1.165, 1.54) is 12.8 Å². The van der Waals surface area contributed by atoms with Crippen LogP contribution in [0.25, 0.3) is 0 Å². The molecule has 0 aromatic carbocycles. The predicted octanol–water partition coefficient (Wildman–Crippen LogP) is 3.12. The highest BCUT2D eigenvalue weighted by atomic mass is 79.9. The lowest BCUT2D eigenvalue weighted by molar-refractivity contribution is 0.178. The van der Waals surface area contributed by atoms with Crippen molar-refractivity contribution in [1.29, 1.82) is 0 Å². The Morgan fingerprint density at radius 2 is 2.24 bits per heavy atom. The number of halogens is 1. The van der Waals surface area contributed by atoms with Crippen LogP contribution in [0.5, 0.6) is 0 Å². The second-order valence-electron chi connectivity index (χ2n) is 4.80. The fourth-order valence-corrected chi connectivity index (χ4v) is 2.93. The number of pyridine rings is 1. The number of nitrogens with one attached hydrogen (secondary N) is 1. The molecular weight excluding hydrogens is 280 g/mol. The van der Waals surface area contributed by atoms with Gasteiger partial charge in [-0.25, -0.2) is 4.98 Å². The fourth-order valence-electron chi connectivity index (χ4n) is 2.48. The standard InChI is InChI=1S/C13H19BrN2O/c1-9-6-11(14)7-15-13(9)16-12-5-3-2-4-10(12)8-17/h6-7,10,12,17H,2-5,8H2,1H3,(H,15,16). The van der Waals surface area contributed by atoms with Crippen molar-refractivity contribution in [3.05, 3.63) is 22.3 Å². The Bertz CT molecular complexity index is 384. The SMILES string of the molecule is Cc1cc(Br)cnc1NC1CCCCC1CO. The van der Waals surface area contributed by atoms with E-state index in [0.717, 1.165) is 28.7 Å². The van der Waals surface area contributed by atoms with Crippen LogP contribution in [0, 0.1) is 12.8 Å². The average Bonchev–Trinajstić information content (AvgIpc) is 2.33. The molecule has 1 aliphatic carbocycles. The van der Waals surface area contributed by atoms with Crippen LogP contribution in [0.4, 0.5) is 5.82 Å². The molecule has 94 valence electrons. The Balaban J connectivity index is 2.08. The van der Waals surface area contributed by atoms with E-state index in [-0.39, 0.29) is 6.61 Å². The van der Waals surface area contributed by atoms with Crippen molar-refractivity contribution in [2.24, 2.45) is 5.92 Å². The summed E-state index contributed by atoms with van der Waals surface area (Å²) in [4.78, 5) is 4.40. The molecule has 0 amide bonds. The molecule has 4 heteroatoms. The number of aliphatic hydroxyl groups excluding tert-OH is 1. The third-order valence-corrected chi connectivity index (χ3v) is 3.94. The maximum atomic E-state index is 9.38. The summed E-state index contributed by atoms with van der Waals surface area (Å²) in [6.07, 6.45) is 6.53. The van der Waals surface area contributed by atoms with Gasteiger partial charge in [-0.3, -0.25) is 0 Å². The zero-order chi connectivity index (χ0) is 12.3. The molecule has 2 unspecified atom stereocenters. The molecule has 2 atom stereocenters. The Morgan fingerprint density at radius 3 is 2.94 bits per heavy atom. The quantitative estimate of drug-likeness (QED) is 0.901. The van der Waals surface area contributed by atoms with Gasteiger partial charge in [0.1, 0.15) is 5.82 Å². The Morgan fingerprint density at radius 1 is 1.47 bits per heavy atom. The van der Waals surface area contributed by atoms with E-state index in [0.29, 0.717) is 12.0 Å². The number of aryl methyl sites for hydroxylation is 1. The Hall–Kier alpha value is -0.610. The van der Waals surface area contributed by atoms with Gasteiger partial charge < -0.3 is 10.4 Å². The normalized spacial score (nSPS) is 24.6. The van der Waals surface area contributed by atoms with Crippen molar-refractivity contribution in [1.82, 2.24) is 4.98 Å². The van der Waals surface area contributed by atoms with Crippen LogP contribution in [0.15, 0.2) is 16.7 Å². The Labute approximate surface area is 111 Å². The smallest absolute Gasteiger partial charge is 0.129 e. The molecule has 1 saturated carbocycles. The summed E-state index contributed by atoms with van der Waals surface area (Å²) in [5.41, 5.74) is 1.14. The summed E-state index contributed by atoms with van der Waals surface area (Å²) in [5, 5.41) is 12.9. The average molecular weight is 299 g/mol. The summed E-state index contributed by atoms with van der Waals surface area (Å²) < 4.78 is 1.00. The van der Waals surface area contributed by atoms with Gasteiger partial charge in [-0.05, 0) is 47.3 Å². The van der Waals surface area contributed by atoms with Crippen LogP contribution in [0.2, 0.25) is 0 Å². The predicted molar refractivity (Wildman–Crippen MR) is 73.1 cm³/mol. The molecule has 0 aliphatic heterocycles. The van der Waals surface area contributed by atoms with E-state index >= 15 is 0 Å². The molecule has 0 saturated heterocycles. The fraction of sp³-hybridized carbons (Fsp3) is 0.615. The lowest BCUT2D eigenvalue weighted by Crippen LogP contribution is -2.34. The topological polar surface area (TPSA) is 45.2 Å². The van der Waals surface area contributed by atoms with Crippen molar-refractivity contribution >= 4 is 21.7 Å². The molecule has 1 heterocycles. The van der Waals surface area contributed by atoms with Crippen molar-refractivity contribution in [3.63, 3.8) is 0 Å². The number of hydrogen-bond acceptors (Lipinski definition) is 3. The van der Waals surface area contributed by atoms with E-state index in [4.69, 9.17) is 0 Å². The molecular formula is C13H19BrN2O. The highest BCUT2D eigenvalue weighted by Gasteiger charge is 2.24. The van der Waals surface area contributed by atoms with Crippen LogP contribution in [-0.2, 0) is 0 Å². The molecule has 0 bridgehead atoms. The third kappa shape index (κ3) is 3.19. The monoisotopic (exact) mass is 298 g/mol. The van der Waals surface area contributed by atoms with Crippen LogP contribution < -0.4 is 5.32 Å². The van der Waals surface area contributed by atoms with E-state index in [9.17, 15) is 5.11 Å². The van der Waals surface area contributed by atoms with Gasteiger partial charge in [-0.1, -0.05) is 12.8 Å². The van der Waals surface area contributed by atoms with E-state index in [1.807, 2.05) is 6.20 Å². The van der Waals surface area contributed by atoms with Crippen LogP contribution in [-0.4, -0.2) is 22.7 Å². The van der Waals surface area contributed by atoms with Gasteiger partial charge in [0.05, 0.1) is 0 Å². The molecule has 0 spiro atoms. The number of aromatic nitrogens is 1. The first-order chi connectivity index (χ1) is 8.20. The number of hydrogen-bond donors (Lipinski definition) is 2. The molecule has 0 radical (unpaired) electrons. The highest BCUT2D eigenvalue weighted by Crippen LogP contribution is 2.27. The summed E-state index contributed by atoms with van der Waals surface area (Å²) in [6.45, 7) is 2.32. The molecule has 1 aromatic heterocycles. The third-order valence-electron chi connectivity index (χ3n) is 3.51. The van der Waals surface area contributed by atoms with Crippen molar-refractivity contribution in [2.45, 2.75) is 38.6 Å². The first-order valence-corrected chi connectivity index (χ1v) is 6.99. The molecule has 1 fully saturated rings. The van der Waals surface area contributed by atoms with Crippen LogP contribution in [0.1, 0.15) is 31.2 Å². The summed E-state index contributed by atoms with van der Waals surface area (Å²) in [5.74, 6) is 1.31. The maximum absolute atomic E-state index is 9.38. The second-order valence-corrected chi connectivity index (χ2v) is 5.71. The van der Waals surface area contributed by atoms with Crippen molar-refractivity contribution in [2.75, 3.05) is 11.9 Å². The largest absolute Gasteiger partial charge is 0.396 e. The molecule has 3 nitrogen and oxygen atoms in total. The second kappa shape index (κ2) is 5.83. The van der Waals surface area contributed by atoms with Gasteiger partial charge in [0.25, 0.3) is 0 Å². The Kier molecular flexibility index (Phi) is 4.40. The molecule has 1 aliphatic rings. The van der Waals surface area contributed by atoms with Gasteiger partial charge in [0, 0.05) is 29.2 Å². The van der Waals surface area contributed by atoms with Crippen LogP contribution >= 0.6 is 15.9 Å². The number of rotatable bonds is 3. The summed E-state index contributed by atoms with van der Waals surface area (Å²) in [7, 11) is 0. The first kappa shape index (κ1) is 12.8. The minimum absolute atomic E-state index is 0.271. The molecule has 2 rings (SSSR count). The summed E-state index contributed by atoms with van der Waals surface area (Å²) >= 11 is 3.42. The van der Waals surface area contributed by atoms with Gasteiger partial charge in [0.2, 0.25) is 0 Å². The number of nitrogens with zero attached hydrogens (tertiary/aromatic N) is 1.